The first kappa shape index (κ1) is 26.4. The molecule has 0 aliphatic heterocycles. The van der Waals surface area contributed by atoms with Crippen LogP contribution in [0.1, 0.15) is 26.3 Å². The first-order chi connectivity index (χ1) is 15.4. The van der Waals surface area contributed by atoms with Crippen molar-refractivity contribution < 1.29 is 36.9 Å². The Labute approximate surface area is 196 Å². The largest absolute Gasteiger partial charge is 0.444 e. The Kier molecular flexibility index (Phi) is 9.48. The molecule has 0 radical (unpaired) electrons. The van der Waals surface area contributed by atoms with Gasteiger partial charge in [0.15, 0.2) is 0 Å². The molecule has 0 fully saturated rings. The summed E-state index contributed by atoms with van der Waals surface area (Å²) in [5, 5.41) is 1.44. The standard InChI is InChI=1S/C23H26F3NO5S/c1-22(2,3)32-20(28)27-18(15-29-14-16-10-6-4-7-11-16)19(23(24,25)26)31-21(33)30-17-12-8-5-9-13-17/h4-13,18-19H,14-15H2,1-3H3,(H,27,28)/t18-,19-/m0/s1. The van der Waals surface area contributed by atoms with Crippen molar-refractivity contribution in [2.24, 2.45) is 0 Å². The van der Waals surface area contributed by atoms with Crippen molar-refractivity contribution in [2.45, 2.75) is 51.3 Å². The normalized spacial score (nSPS) is 13.5. The van der Waals surface area contributed by atoms with Crippen LogP contribution in [0, 0.1) is 0 Å². The zero-order chi connectivity index (χ0) is 24.5. The van der Waals surface area contributed by atoms with E-state index in [1.54, 1.807) is 69.3 Å². The van der Waals surface area contributed by atoms with Gasteiger partial charge in [-0.3, -0.25) is 0 Å². The number of carbonyl (C=O) groups excluding carboxylic acids is 1. The van der Waals surface area contributed by atoms with Gasteiger partial charge in [0.05, 0.1) is 13.2 Å². The third-order valence-electron chi connectivity index (χ3n) is 3.97. The zero-order valence-corrected chi connectivity index (χ0v) is 19.2. The maximum absolute atomic E-state index is 13.9. The number of nitrogens with one attached hydrogen (secondary N) is 1. The molecule has 0 aliphatic rings. The highest BCUT2D eigenvalue weighted by atomic mass is 32.1. The van der Waals surface area contributed by atoms with Crippen molar-refractivity contribution >= 4 is 23.5 Å². The lowest BCUT2D eigenvalue weighted by Crippen LogP contribution is -2.55. The molecule has 0 bridgehead atoms. The van der Waals surface area contributed by atoms with E-state index in [1.807, 2.05) is 0 Å². The van der Waals surface area contributed by atoms with E-state index >= 15 is 0 Å². The van der Waals surface area contributed by atoms with Crippen molar-refractivity contribution in [1.29, 1.82) is 0 Å². The molecular weight excluding hydrogens is 459 g/mol. The SMILES string of the molecule is CC(C)(C)OC(=O)N[C@@H](COCc1ccccc1)[C@H](OC(=S)Oc1ccccc1)C(F)(F)F. The smallest absolute Gasteiger partial charge is 0.427 e. The second-order valence-corrected chi connectivity index (χ2v) is 8.33. The quantitative estimate of drug-likeness (QED) is 0.505. The summed E-state index contributed by atoms with van der Waals surface area (Å²) in [5.41, 5.74) is -0.166. The number of para-hydroxylation sites is 1. The number of alkyl halides is 3. The van der Waals surface area contributed by atoms with Gasteiger partial charge in [-0.1, -0.05) is 48.5 Å². The first-order valence-electron chi connectivity index (χ1n) is 10.1. The molecule has 2 aromatic rings. The second-order valence-electron chi connectivity index (χ2n) is 8.00. The van der Waals surface area contributed by atoms with Crippen LogP contribution in [-0.2, 0) is 20.8 Å². The summed E-state index contributed by atoms with van der Waals surface area (Å²) in [7, 11) is 0. The highest BCUT2D eigenvalue weighted by Crippen LogP contribution is 2.27. The van der Waals surface area contributed by atoms with E-state index in [4.69, 9.17) is 31.2 Å². The topological polar surface area (TPSA) is 66.0 Å². The molecule has 33 heavy (non-hydrogen) atoms. The monoisotopic (exact) mass is 485 g/mol. The lowest BCUT2D eigenvalue weighted by molar-refractivity contribution is -0.212. The van der Waals surface area contributed by atoms with Gasteiger partial charge in [-0.25, -0.2) is 4.79 Å². The first-order valence-corrected chi connectivity index (χ1v) is 10.5. The number of benzene rings is 2. The molecule has 2 atom stereocenters. The summed E-state index contributed by atoms with van der Waals surface area (Å²) in [6.45, 7) is 4.28. The Balaban J connectivity index is 2.15. The van der Waals surface area contributed by atoms with Crippen LogP contribution in [0.5, 0.6) is 5.75 Å². The molecule has 0 aromatic heterocycles. The van der Waals surface area contributed by atoms with Crippen LogP contribution in [0.25, 0.3) is 0 Å². The summed E-state index contributed by atoms with van der Waals surface area (Å²) in [6, 6.07) is 15.2. The molecule has 0 heterocycles. The molecule has 0 spiro atoms. The van der Waals surface area contributed by atoms with E-state index in [9.17, 15) is 18.0 Å². The van der Waals surface area contributed by atoms with Gasteiger partial charge in [-0.05, 0) is 38.5 Å². The Morgan fingerprint density at radius 1 is 1.00 bits per heavy atom. The molecule has 1 N–H and O–H groups in total. The van der Waals surface area contributed by atoms with Gasteiger partial charge in [0.1, 0.15) is 17.4 Å². The molecule has 6 nitrogen and oxygen atoms in total. The number of amides is 1. The number of halogens is 3. The van der Waals surface area contributed by atoms with Crippen LogP contribution < -0.4 is 10.1 Å². The molecule has 0 saturated carbocycles. The summed E-state index contributed by atoms with van der Waals surface area (Å²) in [6.07, 6.45) is -8.50. The van der Waals surface area contributed by atoms with Gasteiger partial charge in [0.2, 0.25) is 6.10 Å². The average molecular weight is 486 g/mol. The number of thiocarbonyl (C=S) groups is 1. The van der Waals surface area contributed by atoms with Gasteiger partial charge in [0.25, 0.3) is 0 Å². The number of hydrogen-bond donors (Lipinski definition) is 1. The van der Waals surface area contributed by atoms with Crippen molar-refractivity contribution in [3.63, 3.8) is 0 Å². The van der Waals surface area contributed by atoms with Gasteiger partial charge < -0.3 is 24.3 Å². The zero-order valence-electron chi connectivity index (χ0n) is 18.4. The van der Waals surface area contributed by atoms with Gasteiger partial charge in [-0.2, -0.15) is 13.2 Å². The Morgan fingerprint density at radius 3 is 2.12 bits per heavy atom. The van der Waals surface area contributed by atoms with E-state index in [0.717, 1.165) is 5.56 Å². The van der Waals surface area contributed by atoms with Crippen LogP contribution >= 0.6 is 12.2 Å². The lowest BCUT2D eigenvalue weighted by Gasteiger charge is -2.30. The van der Waals surface area contributed by atoms with Crippen LogP contribution in [0.15, 0.2) is 60.7 Å². The molecule has 0 aliphatic carbocycles. The number of rotatable bonds is 8. The van der Waals surface area contributed by atoms with Crippen molar-refractivity contribution in [2.75, 3.05) is 6.61 Å². The van der Waals surface area contributed by atoms with Crippen LogP contribution in [0.4, 0.5) is 18.0 Å². The summed E-state index contributed by atoms with van der Waals surface area (Å²) < 4.78 is 62.4. The number of carbonyl (C=O) groups is 1. The van der Waals surface area contributed by atoms with E-state index in [1.165, 1.54) is 12.1 Å². The fraction of sp³-hybridized carbons (Fsp3) is 0.391. The fourth-order valence-electron chi connectivity index (χ4n) is 2.63. The van der Waals surface area contributed by atoms with Crippen LogP contribution in [0.2, 0.25) is 0 Å². The molecular formula is C23H26F3NO5S. The Morgan fingerprint density at radius 2 is 1.58 bits per heavy atom. The van der Waals surface area contributed by atoms with Gasteiger partial charge >= 0.3 is 17.5 Å². The molecule has 180 valence electrons. The lowest BCUT2D eigenvalue weighted by atomic mass is 10.1. The third-order valence-corrected chi connectivity index (χ3v) is 4.15. The Hall–Kier alpha value is -2.85. The van der Waals surface area contributed by atoms with E-state index in [-0.39, 0.29) is 12.4 Å². The third kappa shape index (κ3) is 10.1. The predicted octanol–water partition coefficient (Wildman–Crippen LogP) is 5.41. The summed E-state index contributed by atoms with van der Waals surface area (Å²) in [5.74, 6) is 0.209. The number of hydrogen-bond acceptors (Lipinski definition) is 6. The molecule has 10 heteroatoms. The average Bonchev–Trinajstić information content (AvgIpc) is 2.71. The highest BCUT2D eigenvalue weighted by Gasteiger charge is 2.49. The van der Waals surface area contributed by atoms with Crippen LogP contribution in [0.3, 0.4) is 0 Å². The van der Waals surface area contributed by atoms with Gasteiger partial charge in [-0.15, -0.1) is 0 Å². The van der Waals surface area contributed by atoms with E-state index in [0.29, 0.717) is 0 Å². The fourth-order valence-corrected chi connectivity index (χ4v) is 2.83. The Bertz CT molecular complexity index is 888. The molecule has 0 saturated heterocycles. The minimum Gasteiger partial charge on any atom is -0.444 e. The number of ether oxygens (including phenoxy) is 4. The minimum absolute atomic E-state index is 0.0306. The van der Waals surface area contributed by atoms with Crippen molar-refractivity contribution in [3.8, 4) is 5.75 Å². The van der Waals surface area contributed by atoms with E-state index in [2.05, 4.69) is 5.32 Å². The van der Waals surface area contributed by atoms with Crippen molar-refractivity contribution in [3.05, 3.63) is 66.2 Å². The molecule has 0 unspecified atom stereocenters. The summed E-state index contributed by atoms with van der Waals surface area (Å²) >= 11 is 4.86. The number of alkyl carbamates (subject to hydrolysis) is 1. The molecule has 1 amide bonds. The second kappa shape index (κ2) is 11.9. The minimum atomic E-state index is -4.90. The highest BCUT2D eigenvalue weighted by molar-refractivity contribution is 7.79. The summed E-state index contributed by atoms with van der Waals surface area (Å²) in [4.78, 5) is 12.2. The van der Waals surface area contributed by atoms with Crippen LogP contribution in [-0.4, -0.2) is 41.9 Å². The maximum Gasteiger partial charge on any atom is 0.427 e. The predicted molar refractivity (Wildman–Crippen MR) is 120 cm³/mol. The molecule has 2 aromatic carbocycles. The molecule has 2 rings (SSSR count). The van der Waals surface area contributed by atoms with Gasteiger partial charge in [0, 0.05) is 12.2 Å². The van der Waals surface area contributed by atoms with Crippen molar-refractivity contribution in [1.82, 2.24) is 5.32 Å². The maximum atomic E-state index is 13.9. The van der Waals surface area contributed by atoms with E-state index < -0.39 is 41.9 Å².